The molecule has 0 bridgehead atoms. The van der Waals surface area contributed by atoms with Crippen molar-refractivity contribution >= 4 is 29.3 Å². The van der Waals surface area contributed by atoms with Gasteiger partial charge in [-0.2, -0.15) is 8.78 Å². The number of thioether (sulfide) groups is 1. The van der Waals surface area contributed by atoms with E-state index >= 15 is 0 Å². The summed E-state index contributed by atoms with van der Waals surface area (Å²) in [6, 6.07) is 5.82. The Morgan fingerprint density at radius 3 is 2.44 bits per heavy atom. The smallest absolute Gasteiger partial charge is 0.290 e. The number of hydrogen-bond acceptors (Lipinski definition) is 4. The van der Waals surface area contributed by atoms with Crippen LogP contribution in [0.3, 0.4) is 0 Å². The van der Waals surface area contributed by atoms with Crippen LogP contribution in [-0.2, 0) is 4.79 Å². The molecule has 1 N–H and O–H groups in total. The van der Waals surface area contributed by atoms with Crippen molar-refractivity contribution in [2.45, 2.75) is 17.7 Å². The first-order valence-electron chi connectivity index (χ1n) is 7.76. The maximum atomic E-state index is 13.6. The molecule has 144 valence electrons. The van der Waals surface area contributed by atoms with Crippen molar-refractivity contribution in [1.29, 1.82) is 0 Å². The largest absolute Gasteiger partial charge is 0.330 e. The molecule has 0 spiro atoms. The van der Waals surface area contributed by atoms with E-state index in [1.165, 1.54) is 18.3 Å². The maximum absolute atomic E-state index is 13.6. The molecule has 0 radical (unpaired) electrons. The van der Waals surface area contributed by atoms with Gasteiger partial charge in [0, 0.05) is 12.7 Å². The van der Waals surface area contributed by atoms with Crippen LogP contribution >= 0.6 is 11.8 Å². The highest BCUT2D eigenvalue weighted by Crippen LogP contribution is 2.27. The summed E-state index contributed by atoms with van der Waals surface area (Å²) in [5.41, 5.74) is -0.712. The molecule has 1 aromatic carbocycles. The molecule has 27 heavy (non-hydrogen) atoms. The number of halogens is 4. The van der Waals surface area contributed by atoms with Crippen molar-refractivity contribution in [3.05, 3.63) is 53.7 Å². The normalized spacial score (nSPS) is 10.7. The van der Waals surface area contributed by atoms with Crippen LogP contribution in [0.15, 0.2) is 41.6 Å². The lowest BCUT2D eigenvalue weighted by Gasteiger charge is -2.21. The SMILES string of the molecule is CCN(CC(=O)Nc1c(F)cccc1F)C(=O)c1cccnc1SC(F)F. The Hall–Kier alpha value is -2.62. The molecule has 2 amide bonds. The minimum atomic E-state index is -2.77. The Kier molecular flexibility index (Phi) is 7.17. The number of alkyl halides is 2. The Morgan fingerprint density at radius 1 is 1.19 bits per heavy atom. The number of para-hydroxylation sites is 1. The van der Waals surface area contributed by atoms with E-state index in [9.17, 15) is 27.2 Å². The maximum Gasteiger partial charge on any atom is 0.290 e. The van der Waals surface area contributed by atoms with Crippen LogP contribution in [0.25, 0.3) is 0 Å². The van der Waals surface area contributed by atoms with Gasteiger partial charge in [0.15, 0.2) is 0 Å². The highest BCUT2D eigenvalue weighted by atomic mass is 32.2. The predicted octanol–water partition coefficient (Wildman–Crippen LogP) is 3.78. The van der Waals surface area contributed by atoms with E-state index in [2.05, 4.69) is 10.3 Å². The van der Waals surface area contributed by atoms with E-state index in [0.29, 0.717) is 0 Å². The van der Waals surface area contributed by atoms with Gasteiger partial charge >= 0.3 is 0 Å². The topological polar surface area (TPSA) is 62.3 Å². The van der Waals surface area contributed by atoms with Crippen LogP contribution in [0.5, 0.6) is 0 Å². The summed E-state index contributed by atoms with van der Waals surface area (Å²) in [7, 11) is 0. The first kappa shape index (κ1) is 20.7. The number of pyridine rings is 1. The van der Waals surface area contributed by atoms with E-state index in [1.54, 1.807) is 6.92 Å². The second kappa shape index (κ2) is 9.36. The van der Waals surface area contributed by atoms with E-state index in [4.69, 9.17) is 0 Å². The fourth-order valence-electron chi connectivity index (χ4n) is 2.20. The second-order valence-corrected chi connectivity index (χ2v) is 6.18. The lowest BCUT2D eigenvalue weighted by molar-refractivity contribution is -0.116. The molecule has 0 fully saturated rings. The van der Waals surface area contributed by atoms with E-state index in [1.807, 2.05) is 0 Å². The third kappa shape index (κ3) is 5.43. The van der Waals surface area contributed by atoms with Gasteiger partial charge < -0.3 is 10.2 Å². The van der Waals surface area contributed by atoms with Crippen LogP contribution < -0.4 is 5.32 Å². The van der Waals surface area contributed by atoms with Gasteiger partial charge in [-0.15, -0.1) is 0 Å². The van der Waals surface area contributed by atoms with Gasteiger partial charge in [0.1, 0.15) is 28.9 Å². The fourth-order valence-corrected chi connectivity index (χ4v) is 2.77. The quantitative estimate of drug-likeness (QED) is 0.567. The molecule has 2 rings (SSSR count). The third-order valence-corrected chi connectivity index (χ3v) is 4.16. The van der Waals surface area contributed by atoms with Crippen molar-refractivity contribution in [2.24, 2.45) is 0 Å². The standard InChI is InChI=1S/C17H15F4N3O2S/c1-2-24(9-13(25)23-14-11(18)6-3-7-12(14)19)16(26)10-5-4-8-22-15(10)27-17(20)21/h3-8,17H,2,9H2,1H3,(H,23,25). The number of amides is 2. The van der Waals surface area contributed by atoms with Crippen molar-refractivity contribution in [3.63, 3.8) is 0 Å². The zero-order valence-electron chi connectivity index (χ0n) is 14.1. The Bertz CT molecular complexity index is 815. The van der Waals surface area contributed by atoms with Crippen molar-refractivity contribution in [2.75, 3.05) is 18.4 Å². The van der Waals surface area contributed by atoms with Gasteiger partial charge in [-0.1, -0.05) is 6.07 Å². The number of rotatable bonds is 7. The lowest BCUT2D eigenvalue weighted by Crippen LogP contribution is -2.38. The van der Waals surface area contributed by atoms with Crippen molar-refractivity contribution in [1.82, 2.24) is 9.88 Å². The Morgan fingerprint density at radius 2 is 1.85 bits per heavy atom. The number of carbonyl (C=O) groups excluding carboxylic acids is 2. The van der Waals surface area contributed by atoms with Crippen molar-refractivity contribution < 1.29 is 27.2 Å². The average Bonchev–Trinajstić information content (AvgIpc) is 2.62. The first-order chi connectivity index (χ1) is 12.8. The summed E-state index contributed by atoms with van der Waals surface area (Å²) in [5.74, 6) is -6.21. The molecular weight excluding hydrogens is 386 g/mol. The number of nitrogens with one attached hydrogen (secondary N) is 1. The second-order valence-electron chi connectivity index (χ2n) is 5.20. The summed E-state index contributed by atoms with van der Waals surface area (Å²) in [6.07, 6.45) is 1.27. The molecule has 2 aromatic rings. The minimum absolute atomic E-state index is 0.0691. The van der Waals surface area contributed by atoms with Crippen LogP contribution in [0.4, 0.5) is 23.2 Å². The zero-order chi connectivity index (χ0) is 20.0. The van der Waals surface area contributed by atoms with E-state index in [0.717, 1.165) is 23.1 Å². The highest BCUT2D eigenvalue weighted by molar-refractivity contribution is 7.99. The molecule has 10 heteroatoms. The zero-order valence-corrected chi connectivity index (χ0v) is 14.9. The molecule has 0 aliphatic heterocycles. The Balaban J connectivity index is 2.15. The van der Waals surface area contributed by atoms with Gasteiger partial charge in [-0.3, -0.25) is 9.59 Å². The number of nitrogens with zero attached hydrogens (tertiary/aromatic N) is 2. The average molecular weight is 401 g/mol. The number of benzene rings is 1. The first-order valence-corrected chi connectivity index (χ1v) is 8.64. The third-order valence-electron chi connectivity index (χ3n) is 3.43. The molecular formula is C17H15F4N3O2S. The highest BCUT2D eigenvalue weighted by Gasteiger charge is 2.23. The molecule has 1 heterocycles. The Labute approximate surface area is 156 Å². The summed E-state index contributed by atoms with van der Waals surface area (Å²) < 4.78 is 52.5. The van der Waals surface area contributed by atoms with E-state index < -0.39 is 41.4 Å². The minimum Gasteiger partial charge on any atom is -0.330 e. The number of carbonyl (C=O) groups is 2. The summed E-state index contributed by atoms with van der Waals surface area (Å²) in [5, 5.41) is 1.90. The van der Waals surface area contributed by atoms with Crippen molar-refractivity contribution in [3.8, 4) is 0 Å². The van der Waals surface area contributed by atoms with Gasteiger partial charge in [-0.25, -0.2) is 13.8 Å². The molecule has 0 saturated carbocycles. The van der Waals surface area contributed by atoms with Crippen LogP contribution in [0, 0.1) is 11.6 Å². The van der Waals surface area contributed by atoms with Crippen LogP contribution in [0.1, 0.15) is 17.3 Å². The van der Waals surface area contributed by atoms with Gasteiger partial charge in [0.2, 0.25) is 5.91 Å². The van der Waals surface area contributed by atoms with Gasteiger partial charge in [0.25, 0.3) is 11.7 Å². The lowest BCUT2D eigenvalue weighted by atomic mass is 10.2. The molecule has 5 nitrogen and oxygen atoms in total. The summed E-state index contributed by atoms with van der Waals surface area (Å²) in [6.45, 7) is 1.13. The predicted molar refractivity (Wildman–Crippen MR) is 92.7 cm³/mol. The molecule has 0 aliphatic carbocycles. The van der Waals surface area contributed by atoms with E-state index in [-0.39, 0.29) is 28.9 Å². The molecule has 1 aromatic heterocycles. The van der Waals surface area contributed by atoms with Gasteiger partial charge in [0.05, 0.1) is 5.56 Å². The summed E-state index contributed by atoms with van der Waals surface area (Å²) in [4.78, 5) is 29.5. The van der Waals surface area contributed by atoms with Crippen LogP contribution in [-0.4, -0.2) is 40.5 Å². The molecule has 0 unspecified atom stereocenters. The molecule has 0 atom stereocenters. The molecule has 0 aliphatic rings. The van der Waals surface area contributed by atoms with Crippen LogP contribution in [0.2, 0.25) is 0 Å². The number of anilines is 1. The monoisotopic (exact) mass is 401 g/mol. The van der Waals surface area contributed by atoms with Gasteiger partial charge in [-0.05, 0) is 43.0 Å². The number of aromatic nitrogens is 1. The molecule has 0 saturated heterocycles. The fraction of sp³-hybridized carbons (Fsp3) is 0.235. The number of likely N-dealkylation sites (N-methyl/N-ethyl adjacent to an activating group) is 1. The summed E-state index contributed by atoms with van der Waals surface area (Å²) >= 11 is 0.115. The number of hydrogen-bond donors (Lipinski definition) is 1.